The lowest BCUT2D eigenvalue weighted by Gasteiger charge is -2.27. The molecule has 0 bridgehead atoms. The van der Waals surface area contributed by atoms with Gasteiger partial charge in [0.15, 0.2) is 0 Å². The van der Waals surface area contributed by atoms with Crippen molar-refractivity contribution in [2.24, 2.45) is 0 Å². The number of hydrogen-bond donors (Lipinski definition) is 1. The van der Waals surface area contributed by atoms with Gasteiger partial charge in [-0.1, -0.05) is 0 Å². The lowest BCUT2D eigenvalue weighted by Crippen LogP contribution is -2.30. The quantitative estimate of drug-likeness (QED) is 0.765. The van der Waals surface area contributed by atoms with Gasteiger partial charge in [-0.15, -0.1) is 11.3 Å². The summed E-state index contributed by atoms with van der Waals surface area (Å²) in [6.07, 6.45) is 4.02. The van der Waals surface area contributed by atoms with Gasteiger partial charge < -0.3 is 5.32 Å². The van der Waals surface area contributed by atoms with E-state index in [0.717, 1.165) is 5.92 Å². The monoisotopic (exact) mass is 195 g/mol. The summed E-state index contributed by atoms with van der Waals surface area (Å²) in [5, 5.41) is 5.61. The van der Waals surface area contributed by atoms with Crippen molar-refractivity contribution < 1.29 is 0 Å². The van der Waals surface area contributed by atoms with Crippen molar-refractivity contribution in [1.29, 1.82) is 0 Å². The highest BCUT2D eigenvalue weighted by atomic mass is 32.1. The zero-order chi connectivity index (χ0) is 9.26. The molecule has 0 spiro atoms. The number of aryl methyl sites for hydroxylation is 1. The number of hydrogen-bond acceptors (Lipinski definition) is 2. The molecule has 2 heteroatoms. The van der Waals surface area contributed by atoms with Gasteiger partial charge in [-0.3, -0.25) is 0 Å². The van der Waals surface area contributed by atoms with Crippen LogP contribution in [0.25, 0.3) is 0 Å². The Morgan fingerprint density at radius 2 is 2.46 bits per heavy atom. The maximum Gasteiger partial charge on any atom is 0.0124 e. The van der Waals surface area contributed by atoms with Gasteiger partial charge in [-0.05, 0) is 50.2 Å². The van der Waals surface area contributed by atoms with Crippen LogP contribution in [0.2, 0.25) is 0 Å². The lowest BCUT2D eigenvalue weighted by atomic mass is 9.85. The number of rotatable bonds is 2. The molecule has 2 atom stereocenters. The molecule has 1 N–H and O–H groups in total. The molecule has 1 aliphatic rings. The summed E-state index contributed by atoms with van der Waals surface area (Å²) in [5.74, 6) is 0.758. The molecule has 0 aliphatic heterocycles. The van der Waals surface area contributed by atoms with E-state index in [-0.39, 0.29) is 0 Å². The van der Waals surface area contributed by atoms with Gasteiger partial charge in [0, 0.05) is 16.8 Å². The maximum atomic E-state index is 3.37. The molecule has 0 unspecified atom stereocenters. The summed E-state index contributed by atoms with van der Waals surface area (Å²) in [6.45, 7) is 2.29. The third-order valence-corrected chi connectivity index (χ3v) is 4.23. The smallest absolute Gasteiger partial charge is 0.0124 e. The van der Waals surface area contributed by atoms with Gasteiger partial charge in [0.1, 0.15) is 0 Å². The minimum Gasteiger partial charge on any atom is -0.317 e. The van der Waals surface area contributed by atoms with Crippen LogP contribution in [0.5, 0.6) is 0 Å². The largest absolute Gasteiger partial charge is 0.317 e. The molecule has 0 fully saturated rings. The first-order chi connectivity index (χ1) is 6.33. The Morgan fingerprint density at radius 1 is 1.62 bits per heavy atom. The van der Waals surface area contributed by atoms with Crippen LogP contribution in [0.3, 0.4) is 0 Å². The first-order valence-electron chi connectivity index (χ1n) is 5.06. The molecule has 1 aliphatic carbocycles. The molecular weight excluding hydrogens is 178 g/mol. The van der Waals surface area contributed by atoms with Gasteiger partial charge in [0.2, 0.25) is 0 Å². The number of nitrogens with one attached hydrogen (secondary N) is 1. The SMILES string of the molecule is CN[C@@H](C)[C@@H]1CCCc2ccsc21. The van der Waals surface area contributed by atoms with E-state index in [2.05, 4.69) is 30.7 Å². The Bertz CT molecular complexity index is 279. The average Bonchev–Trinajstić information content (AvgIpc) is 2.63. The van der Waals surface area contributed by atoms with Crippen molar-refractivity contribution in [3.63, 3.8) is 0 Å². The highest BCUT2D eigenvalue weighted by Gasteiger charge is 2.25. The fraction of sp³-hybridized carbons (Fsp3) is 0.636. The molecule has 13 heavy (non-hydrogen) atoms. The fourth-order valence-electron chi connectivity index (χ4n) is 2.20. The topological polar surface area (TPSA) is 12.0 Å². The van der Waals surface area contributed by atoms with Gasteiger partial charge in [-0.2, -0.15) is 0 Å². The van der Waals surface area contributed by atoms with E-state index in [1.807, 2.05) is 11.3 Å². The number of likely N-dealkylation sites (N-methyl/N-ethyl adjacent to an activating group) is 1. The summed E-state index contributed by atoms with van der Waals surface area (Å²) in [7, 11) is 2.06. The van der Waals surface area contributed by atoms with Crippen LogP contribution < -0.4 is 5.32 Å². The van der Waals surface area contributed by atoms with E-state index in [4.69, 9.17) is 0 Å². The first kappa shape index (κ1) is 9.22. The first-order valence-corrected chi connectivity index (χ1v) is 5.94. The van der Waals surface area contributed by atoms with Crippen molar-refractivity contribution in [3.05, 3.63) is 21.9 Å². The van der Waals surface area contributed by atoms with Crippen molar-refractivity contribution in [3.8, 4) is 0 Å². The molecule has 1 aromatic rings. The maximum absolute atomic E-state index is 3.37. The Balaban J connectivity index is 2.24. The second kappa shape index (κ2) is 3.81. The van der Waals surface area contributed by atoms with Crippen LogP contribution in [0.1, 0.15) is 36.1 Å². The van der Waals surface area contributed by atoms with Crippen molar-refractivity contribution >= 4 is 11.3 Å². The molecule has 0 aromatic carbocycles. The molecule has 0 saturated carbocycles. The van der Waals surface area contributed by atoms with E-state index in [1.165, 1.54) is 19.3 Å². The second-order valence-electron chi connectivity index (χ2n) is 3.89. The molecule has 0 saturated heterocycles. The third-order valence-electron chi connectivity index (χ3n) is 3.14. The lowest BCUT2D eigenvalue weighted by molar-refractivity contribution is 0.444. The van der Waals surface area contributed by atoms with Gasteiger partial charge >= 0.3 is 0 Å². The second-order valence-corrected chi connectivity index (χ2v) is 4.83. The van der Waals surface area contributed by atoms with Gasteiger partial charge in [-0.25, -0.2) is 0 Å². The summed E-state index contributed by atoms with van der Waals surface area (Å²) >= 11 is 1.94. The van der Waals surface area contributed by atoms with E-state index in [1.54, 1.807) is 10.4 Å². The summed E-state index contributed by atoms with van der Waals surface area (Å²) in [4.78, 5) is 1.63. The van der Waals surface area contributed by atoms with Crippen LogP contribution >= 0.6 is 11.3 Å². The number of thiophene rings is 1. The van der Waals surface area contributed by atoms with Crippen LogP contribution in [-0.2, 0) is 6.42 Å². The molecule has 2 rings (SSSR count). The number of fused-ring (bicyclic) bond motifs is 1. The van der Waals surface area contributed by atoms with E-state index >= 15 is 0 Å². The highest BCUT2D eigenvalue weighted by Crippen LogP contribution is 2.37. The summed E-state index contributed by atoms with van der Waals surface area (Å²) in [6, 6.07) is 2.92. The molecule has 1 heterocycles. The van der Waals surface area contributed by atoms with Crippen LogP contribution in [-0.4, -0.2) is 13.1 Å². The Labute approximate surface area is 84.2 Å². The minimum absolute atomic E-state index is 0.623. The third kappa shape index (κ3) is 1.65. The molecule has 0 radical (unpaired) electrons. The Morgan fingerprint density at radius 3 is 3.23 bits per heavy atom. The normalized spacial score (nSPS) is 24.0. The molecule has 0 amide bonds. The fourth-order valence-corrected chi connectivity index (χ4v) is 3.40. The average molecular weight is 195 g/mol. The van der Waals surface area contributed by atoms with E-state index in [9.17, 15) is 0 Å². The minimum atomic E-state index is 0.623. The predicted octanol–water partition coefficient (Wildman–Crippen LogP) is 2.78. The molecular formula is C11H17NS. The molecule has 72 valence electrons. The molecule has 1 nitrogen and oxygen atoms in total. The standard InChI is InChI=1S/C11H17NS/c1-8(12-2)10-5-3-4-9-6-7-13-11(9)10/h6-8,10,12H,3-5H2,1-2H3/t8-,10-/m0/s1. The molecule has 1 aromatic heterocycles. The van der Waals surface area contributed by atoms with E-state index < -0.39 is 0 Å². The van der Waals surface area contributed by atoms with Gasteiger partial charge in [0.05, 0.1) is 0 Å². The van der Waals surface area contributed by atoms with Gasteiger partial charge in [0.25, 0.3) is 0 Å². The summed E-state index contributed by atoms with van der Waals surface area (Å²) < 4.78 is 0. The van der Waals surface area contributed by atoms with E-state index in [0.29, 0.717) is 6.04 Å². The summed E-state index contributed by atoms with van der Waals surface area (Å²) in [5.41, 5.74) is 1.60. The Hall–Kier alpha value is -0.340. The van der Waals surface area contributed by atoms with Crippen LogP contribution in [0.15, 0.2) is 11.4 Å². The highest BCUT2D eigenvalue weighted by molar-refractivity contribution is 7.10. The van der Waals surface area contributed by atoms with Crippen molar-refractivity contribution in [1.82, 2.24) is 5.32 Å². The predicted molar refractivity (Wildman–Crippen MR) is 58.5 cm³/mol. The van der Waals surface area contributed by atoms with Crippen molar-refractivity contribution in [2.75, 3.05) is 7.05 Å². The van der Waals surface area contributed by atoms with Crippen molar-refractivity contribution in [2.45, 2.75) is 38.1 Å². The Kier molecular flexibility index (Phi) is 2.70. The zero-order valence-corrected chi connectivity index (χ0v) is 9.16. The van der Waals surface area contributed by atoms with Crippen LogP contribution in [0, 0.1) is 0 Å². The van der Waals surface area contributed by atoms with Crippen LogP contribution in [0.4, 0.5) is 0 Å². The zero-order valence-electron chi connectivity index (χ0n) is 8.34.